The molecule has 0 unspecified atom stereocenters. The number of carbonyl (C=O) groups is 1. The second-order valence-corrected chi connectivity index (χ2v) is 11.2. The van der Waals surface area contributed by atoms with Crippen LogP contribution in [0.15, 0.2) is 47.4 Å². The number of rotatable bonds is 7. The van der Waals surface area contributed by atoms with Crippen LogP contribution in [0.3, 0.4) is 0 Å². The van der Waals surface area contributed by atoms with Crippen LogP contribution in [0.5, 0.6) is 0 Å². The first-order valence-electron chi connectivity index (χ1n) is 9.39. The molecule has 32 heavy (non-hydrogen) atoms. The Morgan fingerprint density at radius 1 is 1.12 bits per heavy atom. The number of carbonyl (C=O) groups excluding carboxylic acids is 1. The van der Waals surface area contributed by atoms with E-state index in [-0.39, 0.29) is 34.4 Å². The molecule has 0 atom stereocenters. The second kappa shape index (κ2) is 9.71. The van der Waals surface area contributed by atoms with E-state index in [2.05, 4.69) is 5.32 Å². The van der Waals surface area contributed by atoms with E-state index in [9.17, 15) is 26.0 Å². The van der Waals surface area contributed by atoms with Gasteiger partial charge in [-0.15, -0.1) is 0 Å². The first kappa shape index (κ1) is 24.4. The molecule has 1 amide bonds. The van der Waals surface area contributed by atoms with E-state index in [0.29, 0.717) is 13.2 Å². The van der Waals surface area contributed by atoms with Crippen LogP contribution in [0.4, 0.5) is 15.8 Å². The SMILES string of the molecule is CS(=O)(=O)N(CC(=O)Nc1ccc(F)c(Cl)c1)c1ccc(S(=O)(=O)N2CCOCC2)cc1. The Morgan fingerprint density at radius 2 is 1.75 bits per heavy atom. The lowest BCUT2D eigenvalue weighted by molar-refractivity contribution is -0.114. The predicted molar refractivity (Wildman–Crippen MR) is 118 cm³/mol. The van der Waals surface area contributed by atoms with Gasteiger partial charge in [-0.2, -0.15) is 4.31 Å². The number of nitrogens with one attached hydrogen (secondary N) is 1. The van der Waals surface area contributed by atoms with Crippen molar-refractivity contribution in [3.63, 3.8) is 0 Å². The fourth-order valence-corrected chi connectivity index (χ4v) is 5.47. The van der Waals surface area contributed by atoms with Gasteiger partial charge in [0, 0.05) is 18.8 Å². The molecule has 1 fully saturated rings. The van der Waals surface area contributed by atoms with Crippen molar-refractivity contribution in [2.75, 3.05) is 48.7 Å². The highest BCUT2D eigenvalue weighted by Crippen LogP contribution is 2.24. The molecule has 2 aromatic rings. The zero-order valence-corrected chi connectivity index (χ0v) is 19.4. The molecule has 0 aliphatic carbocycles. The molecule has 0 bridgehead atoms. The average molecular weight is 506 g/mol. The molecular weight excluding hydrogens is 485 g/mol. The van der Waals surface area contributed by atoms with Crippen molar-refractivity contribution in [3.05, 3.63) is 53.3 Å². The van der Waals surface area contributed by atoms with Crippen molar-refractivity contribution in [2.45, 2.75) is 4.90 Å². The number of sulfonamides is 2. The minimum Gasteiger partial charge on any atom is -0.379 e. The van der Waals surface area contributed by atoms with Gasteiger partial charge in [-0.1, -0.05) is 11.6 Å². The van der Waals surface area contributed by atoms with Crippen LogP contribution in [0, 0.1) is 5.82 Å². The van der Waals surface area contributed by atoms with Crippen LogP contribution in [0.2, 0.25) is 5.02 Å². The van der Waals surface area contributed by atoms with Gasteiger partial charge in [0.2, 0.25) is 26.0 Å². The number of anilines is 2. The number of amides is 1. The Bertz CT molecular complexity index is 1200. The highest BCUT2D eigenvalue weighted by atomic mass is 35.5. The van der Waals surface area contributed by atoms with Crippen LogP contribution in [-0.4, -0.2) is 66.2 Å². The topological polar surface area (TPSA) is 113 Å². The molecule has 9 nitrogen and oxygen atoms in total. The Balaban J connectivity index is 1.78. The van der Waals surface area contributed by atoms with E-state index < -0.39 is 38.3 Å². The zero-order chi connectivity index (χ0) is 23.5. The number of halogens is 2. The Morgan fingerprint density at radius 3 is 2.31 bits per heavy atom. The van der Waals surface area contributed by atoms with E-state index in [1.807, 2.05) is 0 Å². The third-order valence-electron chi connectivity index (χ3n) is 4.62. The number of nitrogens with zero attached hydrogens (tertiary/aromatic N) is 2. The lowest BCUT2D eigenvalue weighted by Crippen LogP contribution is -2.40. The summed E-state index contributed by atoms with van der Waals surface area (Å²) in [5.74, 6) is -1.35. The van der Waals surface area contributed by atoms with E-state index in [1.54, 1.807) is 0 Å². The summed E-state index contributed by atoms with van der Waals surface area (Å²) in [6, 6.07) is 8.76. The molecule has 3 rings (SSSR count). The number of ether oxygens (including phenoxy) is 1. The maximum atomic E-state index is 13.3. The molecular formula is C19H21ClFN3O6S2. The van der Waals surface area contributed by atoms with Crippen LogP contribution in [0.25, 0.3) is 0 Å². The molecule has 1 aliphatic heterocycles. The van der Waals surface area contributed by atoms with E-state index in [0.717, 1.165) is 16.6 Å². The summed E-state index contributed by atoms with van der Waals surface area (Å²) < 4.78 is 70.6. The van der Waals surface area contributed by atoms with Crippen molar-refractivity contribution in [2.24, 2.45) is 0 Å². The van der Waals surface area contributed by atoms with Gasteiger partial charge in [0.05, 0.1) is 35.1 Å². The normalized spacial score (nSPS) is 15.3. The summed E-state index contributed by atoms with van der Waals surface area (Å²) in [6.45, 7) is 0.477. The Labute approximate surface area is 190 Å². The highest BCUT2D eigenvalue weighted by Gasteiger charge is 2.27. The first-order valence-corrected chi connectivity index (χ1v) is 13.1. The molecule has 1 saturated heterocycles. The Hall–Kier alpha value is -2.25. The lowest BCUT2D eigenvalue weighted by Gasteiger charge is -2.26. The van der Waals surface area contributed by atoms with Gasteiger partial charge >= 0.3 is 0 Å². The van der Waals surface area contributed by atoms with Gasteiger partial charge in [-0.05, 0) is 42.5 Å². The van der Waals surface area contributed by atoms with Crippen molar-refractivity contribution < 1.29 is 30.8 Å². The quantitative estimate of drug-likeness (QED) is 0.615. The van der Waals surface area contributed by atoms with Gasteiger partial charge in [-0.3, -0.25) is 9.10 Å². The maximum Gasteiger partial charge on any atom is 0.245 e. The van der Waals surface area contributed by atoms with Gasteiger partial charge in [0.15, 0.2) is 0 Å². The fourth-order valence-electron chi connectivity index (χ4n) is 3.03. The smallest absolute Gasteiger partial charge is 0.245 e. The van der Waals surface area contributed by atoms with Crippen molar-refractivity contribution in [1.82, 2.24) is 4.31 Å². The Kier molecular flexibility index (Phi) is 7.40. The first-order chi connectivity index (χ1) is 15.0. The third kappa shape index (κ3) is 5.75. The van der Waals surface area contributed by atoms with Crippen molar-refractivity contribution >= 4 is 48.9 Å². The lowest BCUT2D eigenvalue weighted by atomic mass is 10.3. The maximum absolute atomic E-state index is 13.3. The van der Waals surface area contributed by atoms with E-state index >= 15 is 0 Å². The van der Waals surface area contributed by atoms with E-state index in [4.69, 9.17) is 16.3 Å². The molecule has 1 heterocycles. The average Bonchev–Trinajstić information content (AvgIpc) is 2.74. The summed E-state index contributed by atoms with van der Waals surface area (Å²) >= 11 is 5.69. The molecule has 0 aromatic heterocycles. The van der Waals surface area contributed by atoms with Gasteiger partial charge < -0.3 is 10.1 Å². The minimum atomic E-state index is -3.88. The molecule has 0 radical (unpaired) electrons. The number of hydrogen-bond donors (Lipinski definition) is 1. The molecule has 1 aliphatic rings. The highest BCUT2D eigenvalue weighted by molar-refractivity contribution is 7.92. The molecule has 0 spiro atoms. The number of benzene rings is 2. The number of morpholine rings is 1. The fraction of sp³-hybridized carbons (Fsp3) is 0.316. The predicted octanol–water partition coefficient (Wildman–Crippen LogP) is 1.90. The van der Waals surface area contributed by atoms with Crippen LogP contribution in [-0.2, 0) is 29.6 Å². The number of hydrogen-bond acceptors (Lipinski definition) is 6. The third-order valence-corrected chi connectivity index (χ3v) is 7.97. The van der Waals surface area contributed by atoms with Gasteiger partial charge in [-0.25, -0.2) is 21.2 Å². The largest absolute Gasteiger partial charge is 0.379 e. The summed E-state index contributed by atoms with van der Waals surface area (Å²) in [5.41, 5.74) is 0.308. The summed E-state index contributed by atoms with van der Waals surface area (Å²) in [4.78, 5) is 12.4. The standard InChI is InChI=1S/C19H21ClFN3O6S2/c1-31(26,27)24(13-19(25)22-14-2-7-18(21)17(20)12-14)15-3-5-16(6-4-15)32(28,29)23-8-10-30-11-9-23/h2-7,12H,8-11,13H2,1H3,(H,22,25). The van der Waals surface area contributed by atoms with Gasteiger partial charge in [0.25, 0.3) is 0 Å². The molecule has 174 valence electrons. The summed E-state index contributed by atoms with van der Waals surface area (Å²) in [6.07, 6.45) is 0.924. The monoisotopic (exact) mass is 505 g/mol. The van der Waals surface area contributed by atoms with Gasteiger partial charge in [0.1, 0.15) is 12.4 Å². The molecule has 13 heteroatoms. The molecule has 0 saturated carbocycles. The summed E-state index contributed by atoms with van der Waals surface area (Å²) in [5, 5.41) is 2.26. The zero-order valence-electron chi connectivity index (χ0n) is 17.0. The van der Waals surface area contributed by atoms with Crippen molar-refractivity contribution in [1.29, 1.82) is 0 Å². The van der Waals surface area contributed by atoms with Crippen LogP contribution in [0.1, 0.15) is 0 Å². The minimum absolute atomic E-state index is 0.00186. The van der Waals surface area contributed by atoms with Crippen LogP contribution < -0.4 is 9.62 Å². The summed E-state index contributed by atoms with van der Waals surface area (Å²) in [7, 11) is -7.63. The molecule has 1 N–H and O–H groups in total. The van der Waals surface area contributed by atoms with Crippen molar-refractivity contribution in [3.8, 4) is 0 Å². The second-order valence-electron chi connectivity index (χ2n) is 6.96. The molecule has 2 aromatic carbocycles. The van der Waals surface area contributed by atoms with E-state index in [1.165, 1.54) is 40.7 Å². The van der Waals surface area contributed by atoms with Crippen LogP contribution >= 0.6 is 11.6 Å².